The van der Waals surface area contributed by atoms with Gasteiger partial charge in [-0.2, -0.15) is 0 Å². The van der Waals surface area contributed by atoms with Gasteiger partial charge in [0.05, 0.1) is 0 Å². The summed E-state index contributed by atoms with van der Waals surface area (Å²) >= 11 is 4.88. The molecule has 2 aromatic carbocycles. The number of hydrogen-bond donors (Lipinski definition) is 2. The minimum atomic E-state index is -0.275. The van der Waals surface area contributed by atoms with E-state index in [0.717, 1.165) is 5.56 Å². The first-order valence-corrected chi connectivity index (χ1v) is 6.89. The number of carbonyl (C=O) groups excluding carboxylic acids is 1. The standard InChI is InChI=1S/C16H15FN2OS/c17-14-6-1-3-11(9-14)7-8-19-16(20)13-5-2-4-12(10-13)15(18)21/h1-6,9-10H,7-8H2,(H2,18,21)(H,19,20). The summed E-state index contributed by atoms with van der Waals surface area (Å²) < 4.78 is 13.0. The number of halogens is 1. The smallest absolute Gasteiger partial charge is 0.251 e. The molecule has 2 aromatic rings. The second kappa shape index (κ2) is 6.95. The van der Waals surface area contributed by atoms with Crippen LogP contribution in [0.15, 0.2) is 48.5 Å². The van der Waals surface area contributed by atoms with Gasteiger partial charge in [-0.05, 0) is 36.2 Å². The lowest BCUT2D eigenvalue weighted by Crippen LogP contribution is -2.26. The number of thiocarbonyl (C=S) groups is 1. The van der Waals surface area contributed by atoms with Crippen molar-refractivity contribution in [1.82, 2.24) is 5.32 Å². The fraction of sp³-hybridized carbons (Fsp3) is 0.125. The van der Waals surface area contributed by atoms with E-state index in [9.17, 15) is 9.18 Å². The van der Waals surface area contributed by atoms with Gasteiger partial charge in [-0.15, -0.1) is 0 Å². The number of hydrogen-bond acceptors (Lipinski definition) is 2. The highest BCUT2D eigenvalue weighted by Crippen LogP contribution is 2.06. The molecule has 108 valence electrons. The molecule has 0 fully saturated rings. The summed E-state index contributed by atoms with van der Waals surface area (Å²) in [6.07, 6.45) is 0.568. The van der Waals surface area contributed by atoms with E-state index in [1.54, 1.807) is 30.3 Å². The number of amides is 1. The molecule has 0 bridgehead atoms. The van der Waals surface area contributed by atoms with Crippen molar-refractivity contribution >= 4 is 23.1 Å². The first-order chi connectivity index (χ1) is 10.1. The van der Waals surface area contributed by atoms with Crippen LogP contribution in [0.5, 0.6) is 0 Å². The second-order valence-corrected chi connectivity index (χ2v) is 5.02. The summed E-state index contributed by atoms with van der Waals surface area (Å²) in [6, 6.07) is 13.2. The average molecular weight is 302 g/mol. The van der Waals surface area contributed by atoms with Crippen molar-refractivity contribution < 1.29 is 9.18 Å². The SMILES string of the molecule is NC(=S)c1cccc(C(=O)NCCc2cccc(F)c2)c1. The molecule has 1 amide bonds. The fourth-order valence-corrected chi connectivity index (χ4v) is 2.06. The van der Waals surface area contributed by atoms with E-state index in [4.69, 9.17) is 18.0 Å². The highest BCUT2D eigenvalue weighted by atomic mass is 32.1. The maximum atomic E-state index is 13.0. The van der Waals surface area contributed by atoms with Gasteiger partial charge < -0.3 is 11.1 Å². The van der Waals surface area contributed by atoms with Crippen molar-refractivity contribution in [3.05, 3.63) is 71.0 Å². The lowest BCUT2D eigenvalue weighted by Gasteiger charge is -2.07. The normalized spacial score (nSPS) is 10.1. The molecule has 0 aliphatic heterocycles. The summed E-state index contributed by atoms with van der Waals surface area (Å²) in [4.78, 5) is 12.3. The lowest BCUT2D eigenvalue weighted by molar-refractivity contribution is 0.0954. The van der Waals surface area contributed by atoms with Crippen molar-refractivity contribution in [2.24, 2.45) is 5.73 Å². The number of benzene rings is 2. The van der Waals surface area contributed by atoms with Crippen molar-refractivity contribution in [2.45, 2.75) is 6.42 Å². The van der Waals surface area contributed by atoms with Gasteiger partial charge in [-0.25, -0.2) is 4.39 Å². The van der Waals surface area contributed by atoms with Crippen LogP contribution < -0.4 is 11.1 Å². The first-order valence-electron chi connectivity index (χ1n) is 6.49. The van der Waals surface area contributed by atoms with Gasteiger partial charge in [0.15, 0.2) is 0 Å². The van der Waals surface area contributed by atoms with Crippen LogP contribution in [-0.2, 0) is 6.42 Å². The van der Waals surface area contributed by atoms with Gasteiger partial charge in [0.2, 0.25) is 0 Å². The molecule has 2 rings (SSSR count). The Morgan fingerprint density at radius 1 is 1.14 bits per heavy atom. The predicted molar refractivity (Wildman–Crippen MR) is 84.8 cm³/mol. The zero-order valence-electron chi connectivity index (χ0n) is 11.3. The monoisotopic (exact) mass is 302 g/mol. The number of rotatable bonds is 5. The molecule has 0 radical (unpaired) electrons. The molecule has 3 nitrogen and oxygen atoms in total. The van der Waals surface area contributed by atoms with Crippen LogP contribution in [-0.4, -0.2) is 17.4 Å². The Morgan fingerprint density at radius 2 is 1.86 bits per heavy atom. The van der Waals surface area contributed by atoms with E-state index in [0.29, 0.717) is 24.1 Å². The topological polar surface area (TPSA) is 55.1 Å². The Labute approximate surface area is 128 Å². The Kier molecular flexibility index (Phi) is 5.00. The van der Waals surface area contributed by atoms with Crippen molar-refractivity contribution in [1.29, 1.82) is 0 Å². The third-order valence-corrected chi connectivity index (χ3v) is 3.23. The average Bonchev–Trinajstić information content (AvgIpc) is 2.47. The third kappa shape index (κ3) is 4.36. The molecule has 21 heavy (non-hydrogen) atoms. The lowest BCUT2D eigenvalue weighted by atomic mass is 10.1. The molecule has 0 unspecified atom stereocenters. The Morgan fingerprint density at radius 3 is 2.57 bits per heavy atom. The van der Waals surface area contributed by atoms with Crippen molar-refractivity contribution in [3.8, 4) is 0 Å². The molecule has 0 aliphatic rings. The molecule has 0 spiro atoms. The van der Waals surface area contributed by atoms with Crippen molar-refractivity contribution in [3.63, 3.8) is 0 Å². The van der Waals surface area contributed by atoms with Crippen LogP contribution in [0.2, 0.25) is 0 Å². The summed E-state index contributed by atoms with van der Waals surface area (Å²) in [7, 11) is 0. The highest BCUT2D eigenvalue weighted by Gasteiger charge is 2.06. The van der Waals surface area contributed by atoms with E-state index in [-0.39, 0.29) is 16.7 Å². The molecule has 0 heterocycles. The van der Waals surface area contributed by atoms with Crippen LogP contribution in [0.1, 0.15) is 21.5 Å². The molecule has 0 saturated heterocycles. The third-order valence-electron chi connectivity index (χ3n) is 3.00. The van der Waals surface area contributed by atoms with Crippen LogP contribution >= 0.6 is 12.2 Å². The van der Waals surface area contributed by atoms with Crippen LogP contribution in [0.4, 0.5) is 4.39 Å². The van der Waals surface area contributed by atoms with Crippen LogP contribution in [0, 0.1) is 5.82 Å². The summed E-state index contributed by atoms with van der Waals surface area (Å²) in [6.45, 7) is 0.430. The van der Waals surface area contributed by atoms with Crippen LogP contribution in [0.3, 0.4) is 0 Å². The van der Waals surface area contributed by atoms with E-state index in [1.807, 2.05) is 6.07 Å². The Hall–Kier alpha value is -2.27. The minimum Gasteiger partial charge on any atom is -0.389 e. The summed E-state index contributed by atoms with van der Waals surface area (Å²) in [5.74, 6) is -0.479. The maximum Gasteiger partial charge on any atom is 0.251 e. The van der Waals surface area contributed by atoms with E-state index < -0.39 is 0 Å². The van der Waals surface area contributed by atoms with Gasteiger partial charge in [-0.1, -0.05) is 36.5 Å². The fourth-order valence-electron chi connectivity index (χ4n) is 1.93. The van der Waals surface area contributed by atoms with Gasteiger partial charge in [0.25, 0.3) is 5.91 Å². The van der Waals surface area contributed by atoms with E-state index in [1.165, 1.54) is 12.1 Å². The maximum absolute atomic E-state index is 13.0. The van der Waals surface area contributed by atoms with Crippen LogP contribution in [0.25, 0.3) is 0 Å². The molecule has 0 saturated carbocycles. The molecule has 5 heteroatoms. The molecule has 0 aliphatic carbocycles. The number of nitrogens with one attached hydrogen (secondary N) is 1. The summed E-state index contributed by atoms with van der Waals surface area (Å²) in [5, 5.41) is 2.79. The molecule has 3 N–H and O–H groups in total. The first kappa shape index (κ1) is 15.1. The minimum absolute atomic E-state index is 0.204. The van der Waals surface area contributed by atoms with Gasteiger partial charge in [0.1, 0.15) is 10.8 Å². The zero-order valence-corrected chi connectivity index (χ0v) is 12.1. The second-order valence-electron chi connectivity index (χ2n) is 4.58. The molecule has 0 aromatic heterocycles. The summed E-state index contributed by atoms with van der Waals surface area (Å²) in [5.41, 5.74) is 7.53. The Balaban J connectivity index is 1.93. The predicted octanol–water partition coefficient (Wildman–Crippen LogP) is 2.43. The molecular formula is C16H15FN2OS. The zero-order chi connectivity index (χ0) is 15.2. The van der Waals surface area contributed by atoms with Crippen molar-refractivity contribution in [2.75, 3.05) is 6.54 Å². The van der Waals surface area contributed by atoms with Gasteiger partial charge >= 0.3 is 0 Å². The number of carbonyl (C=O) groups is 1. The largest absolute Gasteiger partial charge is 0.389 e. The Bertz CT molecular complexity index is 673. The van der Waals surface area contributed by atoms with Gasteiger partial charge in [0, 0.05) is 17.7 Å². The molecular weight excluding hydrogens is 287 g/mol. The highest BCUT2D eigenvalue weighted by molar-refractivity contribution is 7.80. The quantitative estimate of drug-likeness (QED) is 0.834. The van der Waals surface area contributed by atoms with E-state index >= 15 is 0 Å². The number of nitrogens with two attached hydrogens (primary N) is 1. The molecule has 0 atom stereocenters. The van der Waals surface area contributed by atoms with Gasteiger partial charge in [-0.3, -0.25) is 4.79 Å². The van der Waals surface area contributed by atoms with E-state index in [2.05, 4.69) is 5.32 Å².